The molecule has 0 unspecified atom stereocenters. The molecule has 2 heteroatoms. The normalized spacial score (nSPS) is 12.4. The smallest absolute Gasteiger partial charge is 0.143 e. The van der Waals surface area contributed by atoms with Gasteiger partial charge in [0.25, 0.3) is 0 Å². The van der Waals surface area contributed by atoms with Crippen LogP contribution in [0.4, 0.5) is 17.1 Å². The summed E-state index contributed by atoms with van der Waals surface area (Å²) in [5, 5.41) is 4.83. The van der Waals surface area contributed by atoms with Crippen molar-refractivity contribution in [1.82, 2.24) is 0 Å². The summed E-state index contributed by atoms with van der Waals surface area (Å²) in [6, 6.07) is 59.9. The van der Waals surface area contributed by atoms with Gasteiger partial charge in [0.1, 0.15) is 11.2 Å². The third-order valence-electron chi connectivity index (χ3n) is 11.0. The Morgan fingerprint density at radius 3 is 2.02 bits per heavy atom. The van der Waals surface area contributed by atoms with E-state index in [0.29, 0.717) is 0 Å². The zero-order valence-corrected chi connectivity index (χ0v) is 30.5. The summed E-state index contributed by atoms with van der Waals surface area (Å²) in [6.45, 7) is 4.30. The fourth-order valence-electron chi connectivity index (χ4n) is 8.19. The van der Waals surface area contributed by atoms with E-state index in [-0.39, 0.29) is 0 Å². The monoisotopic (exact) mass is 693 g/mol. The third-order valence-corrected chi connectivity index (χ3v) is 11.0. The van der Waals surface area contributed by atoms with Gasteiger partial charge in [-0.3, -0.25) is 0 Å². The van der Waals surface area contributed by atoms with Crippen molar-refractivity contribution in [2.45, 2.75) is 26.7 Å². The van der Waals surface area contributed by atoms with Crippen LogP contribution in [0.25, 0.3) is 72.2 Å². The van der Waals surface area contributed by atoms with E-state index >= 15 is 0 Å². The van der Waals surface area contributed by atoms with E-state index in [1.807, 2.05) is 0 Å². The summed E-state index contributed by atoms with van der Waals surface area (Å²) in [7, 11) is 0. The van der Waals surface area contributed by atoms with Crippen LogP contribution in [0.3, 0.4) is 0 Å². The van der Waals surface area contributed by atoms with Crippen molar-refractivity contribution < 1.29 is 4.42 Å². The topological polar surface area (TPSA) is 16.4 Å². The lowest BCUT2D eigenvalue weighted by atomic mass is 9.93. The summed E-state index contributed by atoms with van der Waals surface area (Å²) < 4.78 is 6.51. The van der Waals surface area contributed by atoms with Crippen LogP contribution in [-0.4, -0.2) is 0 Å². The van der Waals surface area contributed by atoms with Gasteiger partial charge in [0.05, 0.1) is 0 Å². The molecule has 0 saturated carbocycles. The molecule has 8 aromatic carbocycles. The fraction of sp³-hybridized carbons (Fsp3) is 0.0769. The highest BCUT2D eigenvalue weighted by Gasteiger charge is 2.17. The number of hydrogen-bond acceptors (Lipinski definition) is 2. The molecule has 9 aromatic rings. The standard InChI is InChI=1S/C52H39NO/c1-34-14-27-51-49(28-34)50-30-35(2)29-48(52(50)54-51)39-21-25-46(26-22-39)53(45-23-19-38(20-24-45)43-17-15-36-8-3-5-10-40(36)31-43)47-13-7-12-42(33-47)44-18-16-37-9-4-6-11-41(37)32-44/h3,5-8,10-33H,4,9H2,1-2H3. The molecule has 0 N–H and O–H groups in total. The maximum atomic E-state index is 6.51. The lowest BCUT2D eigenvalue weighted by Crippen LogP contribution is -2.10. The Morgan fingerprint density at radius 2 is 1.19 bits per heavy atom. The van der Waals surface area contributed by atoms with Crippen LogP contribution in [0, 0.1) is 13.8 Å². The summed E-state index contributed by atoms with van der Waals surface area (Å²) in [5.41, 5.74) is 17.4. The Bertz CT molecular complexity index is 2890. The van der Waals surface area contributed by atoms with Gasteiger partial charge in [-0.1, -0.05) is 109 Å². The summed E-state index contributed by atoms with van der Waals surface area (Å²) in [5.74, 6) is 0. The highest BCUT2D eigenvalue weighted by molar-refractivity contribution is 6.10. The molecule has 0 fully saturated rings. The number of furan rings is 1. The molecule has 0 amide bonds. The molecule has 0 radical (unpaired) electrons. The molecule has 54 heavy (non-hydrogen) atoms. The quantitative estimate of drug-likeness (QED) is 0.172. The number of benzene rings is 8. The number of fused-ring (bicyclic) bond motifs is 5. The minimum atomic E-state index is 0.923. The molecular formula is C52H39NO. The van der Waals surface area contributed by atoms with Gasteiger partial charge in [0.15, 0.2) is 0 Å². The predicted molar refractivity (Wildman–Crippen MR) is 229 cm³/mol. The molecule has 10 rings (SSSR count). The van der Waals surface area contributed by atoms with Gasteiger partial charge in [-0.15, -0.1) is 0 Å². The van der Waals surface area contributed by atoms with Gasteiger partial charge in [-0.2, -0.15) is 0 Å². The first-order valence-corrected chi connectivity index (χ1v) is 18.9. The Morgan fingerprint density at radius 1 is 0.481 bits per heavy atom. The van der Waals surface area contributed by atoms with Crippen molar-refractivity contribution in [2.24, 2.45) is 0 Å². The van der Waals surface area contributed by atoms with Gasteiger partial charge in [-0.25, -0.2) is 0 Å². The fourth-order valence-corrected chi connectivity index (χ4v) is 8.19. The number of nitrogens with zero attached hydrogens (tertiary/aromatic N) is 1. The van der Waals surface area contributed by atoms with Crippen molar-refractivity contribution >= 4 is 55.8 Å². The minimum Gasteiger partial charge on any atom is -0.455 e. The number of rotatable bonds is 6. The third kappa shape index (κ3) is 5.77. The molecule has 0 atom stereocenters. The largest absolute Gasteiger partial charge is 0.455 e. The number of allylic oxidation sites excluding steroid dienone is 1. The van der Waals surface area contributed by atoms with E-state index in [0.717, 1.165) is 57.6 Å². The maximum Gasteiger partial charge on any atom is 0.143 e. The SMILES string of the molecule is Cc1ccc2oc3c(-c4ccc(N(c5ccc(-c6ccc7ccccc7c6)cc5)c5cccc(-c6ccc7c(c6)C=CCC7)c5)cc4)cc(C)cc3c2c1. The van der Waals surface area contributed by atoms with Gasteiger partial charge in [0, 0.05) is 33.4 Å². The summed E-state index contributed by atoms with van der Waals surface area (Å²) >= 11 is 0. The van der Waals surface area contributed by atoms with Crippen LogP contribution in [0.2, 0.25) is 0 Å². The summed E-state index contributed by atoms with van der Waals surface area (Å²) in [4.78, 5) is 2.37. The Hall–Kier alpha value is -6.64. The average molecular weight is 694 g/mol. The second-order valence-corrected chi connectivity index (χ2v) is 14.7. The van der Waals surface area contributed by atoms with Gasteiger partial charge >= 0.3 is 0 Å². The van der Waals surface area contributed by atoms with E-state index in [1.54, 1.807) is 0 Å². The number of hydrogen-bond donors (Lipinski definition) is 0. The zero-order chi connectivity index (χ0) is 36.2. The molecule has 0 saturated heterocycles. The van der Waals surface area contributed by atoms with Crippen LogP contribution in [0.5, 0.6) is 0 Å². The van der Waals surface area contributed by atoms with Gasteiger partial charge in [0.2, 0.25) is 0 Å². The molecular weight excluding hydrogens is 655 g/mol. The van der Waals surface area contributed by atoms with E-state index < -0.39 is 0 Å². The van der Waals surface area contributed by atoms with E-state index in [2.05, 4.69) is 195 Å². The Kier molecular flexibility index (Phi) is 7.77. The van der Waals surface area contributed by atoms with Crippen molar-refractivity contribution in [2.75, 3.05) is 4.90 Å². The molecule has 1 aliphatic carbocycles. The first-order chi connectivity index (χ1) is 26.5. The van der Waals surface area contributed by atoms with Gasteiger partial charge in [-0.05, 0) is 155 Å². The van der Waals surface area contributed by atoms with Crippen molar-refractivity contribution in [1.29, 1.82) is 0 Å². The second-order valence-electron chi connectivity index (χ2n) is 14.7. The molecule has 2 nitrogen and oxygen atoms in total. The average Bonchev–Trinajstić information content (AvgIpc) is 3.58. The zero-order valence-electron chi connectivity index (χ0n) is 30.5. The van der Waals surface area contributed by atoms with Crippen molar-refractivity contribution in [3.63, 3.8) is 0 Å². The van der Waals surface area contributed by atoms with Crippen LogP contribution in [0.1, 0.15) is 28.7 Å². The molecule has 0 bridgehead atoms. The summed E-state index contributed by atoms with van der Waals surface area (Å²) in [6.07, 6.45) is 6.77. The van der Waals surface area contributed by atoms with Crippen molar-refractivity contribution in [3.8, 4) is 33.4 Å². The molecule has 0 spiro atoms. The lowest BCUT2D eigenvalue weighted by molar-refractivity contribution is 0.670. The Balaban J connectivity index is 1.07. The first kappa shape index (κ1) is 32.0. The van der Waals surface area contributed by atoms with Crippen LogP contribution in [0.15, 0.2) is 174 Å². The van der Waals surface area contributed by atoms with Crippen LogP contribution >= 0.6 is 0 Å². The van der Waals surface area contributed by atoms with E-state index in [1.165, 1.54) is 60.7 Å². The van der Waals surface area contributed by atoms with Gasteiger partial charge < -0.3 is 9.32 Å². The predicted octanol–water partition coefficient (Wildman–Crippen LogP) is 14.8. The van der Waals surface area contributed by atoms with Crippen molar-refractivity contribution in [3.05, 3.63) is 192 Å². The number of anilines is 3. The highest BCUT2D eigenvalue weighted by atomic mass is 16.3. The highest BCUT2D eigenvalue weighted by Crippen LogP contribution is 2.41. The second kappa shape index (κ2) is 13.1. The van der Waals surface area contributed by atoms with E-state index in [9.17, 15) is 0 Å². The molecule has 0 aliphatic heterocycles. The van der Waals surface area contributed by atoms with E-state index in [4.69, 9.17) is 4.42 Å². The molecule has 1 aromatic heterocycles. The van der Waals surface area contributed by atoms with Crippen LogP contribution in [-0.2, 0) is 6.42 Å². The molecule has 1 aliphatic rings. The Labute approximate surface area is 316 Å². The molecule has 258 valence electrons. The lowest BCUT2D eigenvalue weighted by Gasteiger charge is -2.26. The minimum absolute atomic E-state index is 0.923. The number of aryl methyl sites for hydroxylation is 3. The molecule has 1 heterocycles. The maximum absolute atomic E-state index is 6.51. The van der Waals surface area contributed by atoms with Crippen LogP contribution < -0.4 is 4.90 Å². The first-order valence-electron chi connectivity index (χ1n) is 18.9.